The van der Waals surface area contributed by atoms with E-state index >= 15 is 0 Å². The fourth-order valence-electron chi connectivity index (χ4n) is 3.85. The SMILES string of the molecule is COC1(OC)CC2CNCC21c1ccc(C)cc1. The van der Waals surface area contributed by atoms with Gasteiger partial charge in [0.25, 0.3) is 0 Å². The molecule has 0 amide bonds. The maximum absolute atomic E-state index is 5.76. The summed E-state index contributed by atoms with van der Waals surface area (Å²) < 4.78 is 11.5. The summed E-state index contributed by atoms with van der Waals surface area (Å²) in [4.78, 5) is 0. The van der Waals surface area contributed by atoms with Gasteiger partial charge in [-0.15, -0.1) is 0 Å². The monoisotopic (exact) mass is 247 g/mol. The van der Waals surface area contributed by atoms with Crippen molar-refractivity contribution in [2.24, 2.45) is 5.92 Å². The number of hydrogen-bond acceptors (Lipinski definition) is 3. The first-order valence-electron chi connectivity index (χ1n) is 6.57. The molecule has 3 heteroatoms. The highest BCUT2D eigenvalue weighted by molar-refractivity contribution is 5.39. The molecule has 2 aliphatic rings. The molecule has 0 radical (unpaired) electrons. The Balaban J connectivity index is 2.06. The first-order valence-corrected chi connectivity index (χ1v) is 6.57. The van der Waals surface area contributed by atoms with Crippen LogP contribution in [0.1, 0.15) is 17.5 Å². The van der Waals surface area contributed by atoms with Crippen LogP contribution in [0, 0.1) is 12.8 Å². The average molecular weight is 247 g/mol. The Kier molecular flexibility index (Phi) is 2.73. The Morgan fingerprint density at radius 3 is 2.39 bits per heavy atom. The van der Waals surface area contributed by atoms with Crippen molar-refractivity contribution in [1.82, 2.24) is 5.32 Å². The molecule has 1 aliphatic heterocycles. The van der Waals surface area contributed by atoms with Gasteiger partial charge in [-0.1, -0.05) is 29.8 Å². The highest BCUT2D eigenvalue weighted by Gasteiger charge is 2.69. The number of methoxy groups -OCH3 is 2. The largest absolute Gasteiger partial charge is 0.352 e. The standard InChI is InChI=1S/C15H21NO2/c1-11-4-6-12(7-5-11)14-10-16-9-13(14)8-15(14,17-2)18-3/h4-7,13,16H,8-10H2,1-3H3. The van der Waals surface area contributed by atoms with E-state index in [-0.39, 0.29) is 5.41 Å². The van der Waals surface area contributed by atoms with Gasteiger partial charge in [0.2, 0.25) is 0 Å². The molecule has 18 heavy (non-hydrogen) atoms. The van der Waals surface area contributed by atoms with E-state index in [0.29, 0.717) is 5.92 Å². The van der Waals surface area contributed by atoms with E-state index in [9.17, 15) is 0 Å². The Bertz CT molecular complexity index is 438. The van der Waals surface area contributed by atoms with Gasteiger partial charge >= 0.3 is 0 Å². The molecule has 1 aliphatic carbocycles. The molecule has 0 bridgehead atoms. The first kappa shape index (κ1) is 12.2. The van der Waals surface area contributed by atoms with Crippen LogP contribution < -0.4 is 5.32 Å². The second-order valence-electron chi connectivity index (χ2n) is 5.53. The lowest BCUT2D eigenvalue weighted by Crippen LogP contribution is -2.68. The van der Waals surface area contributed by atoms with E-state index in [1.54, 1.807) is 14.2 Å². The van der Waals surface area contributed by atoms with Crippen molar-refractivity contribution < 1.29 is 9.47 Å². The van der Waals surface area contributed by atoms with E-state index in [2.05, 4.69) is 36.5 Å². The van der Waals surface area contributed by atoms with Crippen molar-refractivity contribution in [1.29, 1.82) is 0 Å². The zero-order valence-electron chi connectivity index (χ0n) is 11.3. The summed E-state index contributed by atoms with van der Waals surface area (Å²) in [6, 6.07) is 8.80. The van der Waals surface area contributed by atoms with E-state index in [4.69, 9.17) is 9.47 Å². The summed E-state index contributed by atoms with van der Waals surface area (Å²) in [5.74, 6) is 0.149. The molecule has 2 fully saturated rings. The smallest absolute Gasteiger partial charge is 0.179 e. The molecule has 3 rings (SSSR count). The van der Waals surface area contributed by atoms with Crippen LogP contribution in [0.15, 0.2) is 24.3 Å². The minimum absolute atomic E-state index is 0.0236. The highest BCUT2D eigenvalue weighted by atomic mass is 16.7. The fourth-order valence-corrected chi connectivity index (χ4v) is 3.85. The third kappa shape index (κ3) is 1.30. The van der Waals surface area contributed by atoms with Crippen LogP contribution in [0.5, 0.6) is 0 Å². The summed E-state index contributed by atoms with van der Waals surface area (Å²) in [5.41, 5.74) is 2.60. The number of rotatable bonds is 3. The molecule has 1 heterocycles. The lowest BCUT2D eigenvalue weighted by Gasteiger charge is -2.59. The van der Waals surface area contributed by atoms with E-state index in [1.807, 2.05) is 0 Å². The van der Waals surface area contributed by atoms with Gasteiger partial charge in [-0.3, -0.25) is 0 Å². The number of fused-ring (bicyclic) bond motifs is 1. The molecule has 2 unspecified atom stereocenters. The Morgan fingerprint density at radius 1 is 1.17 bits per heavy atom. The van der Waals surface area contributed by atoms with Gasteiger partial charge in [-0.2, -0.15) is 0 Å². The van der Waals surface area contributed by atoms with Gasteiger partial charge in [0, 0.05) is 27.2 Å². The van der Waals surface area contributed by atoms with Crippen molar-refractivity contribution in [2.45, 2.75) is 24.5 Å². The molecule has 1 N–H and O–H groups in total. The van der Waals surface area contributed by atoms with E-state index in [0.717, 1.165) is 19.5 Å². The van der Waals surface area contributed by atoms with Crippen LogP contribution in [-0.2, 0) is 14.9 Å². The van der Waals surface area contributed by atoms with Crippen LogP contribution in [0.25, 0.3) is 0 Å². The average Bonchev–Trinajstić information content (AvgIpc) is 2.72. The quantitative estimate of drug-likeness (QED) is 0.827. The van der Waals surface area contributed by atoms with Gasteiger partial charge < -0.3 is 14.8 Å². The molecular formula is C15H21NO2. The molecule has 1 aromatic rings. The molecular weight excluding hydrogens is 226 g/mol. The highest BCUT2D eigenvalue weighted by Crippen LogP contribution is 2.59. The molecule has 1 saturated carbocycles. The summed E-state index contributed by atoms with van der Waals surface area (Å²) in [7, 11) is 3.52. The summed E-state index contributed by atoms with van der Waals surface area (Å²) in [6.07, 6.45) is 0.973. The van der Waals surface area contributed by atoms with Crippen molar-refractivity contribution in [3.63, 3.8) is 0 Å². The van der Waals surface area contributed by atoms with Gasteiger partial charge in [-0.05, 0) is 24.9 Å². The maximum atomic E-state index is 5.76. The van der Waals surface area contributed by atoms with Crippen LogP contribution in [0.2, 0.25) is 0 Å². The van der Waals surface area contributed by atoms with Crippen LogP contribution in [-0.4, -0.2) is 33.1 Å². The minimum Gasteiger partial charge on any atom is -0.352 e. The fraction of sp³-hybridized carbons (Fsp3) is 0.600. The first-order chi connectivity index (χ1) is 8.68. The maximum Gasteiger partial charge on any atom is 0.179 e. The number of ether oxygens (including phenoxy) is 2. The molecule has 0 aromatic heterocycles. The van der Waals surface area contributed by atoms with Crippen molar-refractivity contribution >= 4 is 0 Å². The summed E-state index contributed by atoms with van der Waals surface area (Å²) in [6.45, 7) is 4.11. The predicted octanol–water partition coefficient (Wildman–Crippen LogP) is 1.85. The van der Waals surface area contributed by atoms with Crippen molar-refractivity contribution in [3.8, 4) is 0 Å². The predicted molar refractivity (Wildman–Crippen MR) is 70.6 cm³/mol. The van der Waals surface area contributed by atoms with Crippen molar-refractivity contribution in [2.75, 3.05) is 27.3 Å². The van der Waals surface area contributed by atoms with Gasteiger partial charge in [0.05, 0.1) is 5.41 Å². The van der Waals surface area contributed by atoms with Crippen LogP contribution in [0.4, 0.5) is 0 Å². The number of hydrogen-bond donors (Lipinski definition) is 1. The van der Waals surface area contributed by atoms with Gasteiger partial charge in [0.15, 0.2) is 5.79 Å². The normalized spacial score (nSPS) is 32.9. The number of nitrogens with one attached hydrogen (secondary N) is 1. The van der Waals surface area contributed by atoms with Gasteiger partial charge in [-0.25, -0.2) is 0 Å². The second kappa shape index (κ2) is 4.05. The number of aryl methyl sites for hydroxylation is 1. The molecule has 98 valence electrons. The van der Waals surface area contributed by atoms with E-state index < -0.39 is 5.79 Å². The Morgan fingerprint density at radius 2 is 1.83 bits per heavy atom. The molecule has 1 aromatic carbocycles. The third-order valence-corrected chi connectivity index (χ3v) is 4.91. The zero-order valence-corrected chi connectivity index (χ0v) is 11.3. The minimum atomic E-state index is -0.462. The van der Waals surface area contributed by atoms with Crippen molar-refractivity contribution in [3.05, 3.63) is 35.4 Å². The lowest BCUT2D eigenvalue weighted by molar-refractivity contribution is -0.314. The summed E-state index contributed by atoms with van der Waals surface area (Å²) in [5, 5.41) is 3.50. The van der Waals surface area contributed by atoms with Gasteiger partial charge in [0.1, 0.15) is 0 Å². The summed E-state index contributed by atoms with van der Waals surface area (Å²) >= 11 is 0. The Labute approximate surface area is 108 Å². The zero-order chi connectivity index (χ0) is 12.8. The third-order valence-electron chi connectivity index (χ3n) is 4.91. The Hall–Kier alpha value is -0.900. The van der Waals surface area contributed by atoms with Crippen LogP contribution in [0.3, 0.4) is 0 Å². The topological polar surface area (TPSA) is 30.5 Å². The second-order valence-corrected chi connectivity index (χ2v) is 5.53. The van der Waals surface area contributed by atoms with E-state index in [1.165, 1.54) is 11.1 Å². The van der Waals surface area contributed by atoms with Crippen LogP contribution >= 0.6 is 0 Å². The molecule has 1 saturated heterocycles. The molecule has 0 spiro atoms. The lowest BCUT2D eigenvalue weighted by atomic mass is 9.53. The number of benzene rings is 1. The molecule has 2 atom stereocenters. The molecule has 3 nitrogen and oxygen atoms in total.